The molecule has 0 spiro atoms. The average Bonchev–Trinajstić information content (AvgIpc) is 2.97. The van der Waals surface area contributed by atoms with Crippen LogP contribution in [0.15, 0.2) is 30.3 Å². The van der Waals surface area contributed by atoms with E-state index in [1.54, 1.807) is 13.8 Å². The predicted molar refractivity (Wildman–Crippen MR) is 118 cm³/mol. The second-order valence-electron chi connectivity index (χ2n) is 9.72. The van der Waals surface area contributed by atoms with Crippen LogP contribution in [0.3, 0.4) is 0 Å². The molecule has 1 aliphatic heterocycles. The van der Waals surface area contributed by atoms with Crippen molar-refractivity contribution in [1.82, 2.24) is 5.32 Å². The van der Waals surface area contributed by atoms with Crippen molar-refractivity contribution >= 4 is 14.4 Å². The summed E-state index contributed by atoms with van der Waals surface area (Å²) in [6.07, 6.45) is -2.53. The summed E-state index contributed by atoms with van der Waals surface area (Å²) in [6, 6.07) is 9.46. The van der Waals surface area contributed by atoms with Gasteiger partial charge in [0, 0.05) is 6.54 Å². The van der Waals surface area contributed by atoms with Crippen molar-refractivity contribution in [3.05, 3.63) is 35.9 Å². The molecule has 1 aliphatic rings. The summed E-state index contributed by atoms with van der Waals surface area (Å²) in [5.74, 6) is -0.858. The van der Waals surface area contributed by atoms with Crippen molar-refractivity contribution in [2.45, 2.75) is 83.5 Å². The van der Waals surface area contributed by atoms with Gasteiger partial charge in [0.25, 0.3) is 0 Å². The van der Waals surface area contributed by atoms with Gasteiger partial charge in [-0.05, 0) is 37.5 Å². The highest BCUT2D eigenvalue weighted by Gasteiger charge is 2.46. The van der Waals surface area contributed by atoms with E-state index in [4.69, 9.17) is 18.6 Å². The Bertz CT molecular complexity index is 689. The molecule has 0 radical (unpaired) electrons. The van der Waals surface area contributed by atoms with E-state index in [2.05, 4.69) is 39.2 Å². The Morgan fingerprint density at radius 1 is 1.23 bits per heavy atom. The Morgan fingerprint density at radius 3 is 2.47 bits per heavy atom. The van der Waals surface area contributed by atoms with Crippen LogP contribution in [-0.4, -0.2) is 56.8 Å². The molecule has 3 atom stereocenters. The zero-order chi connectivity index (χ0) is 22.6. The molecule has 170 valence electrons. The second-order valence-corrected chi connectivity index (χ2v) is 14.5. The fraction of sp³-hybridized carbons (Fsp3) is 0.682. The first-order valence-electron chi connectivity index (χ1n) is 10.4. The number of ether oxygens (including phenoxy) is 3. The lowest BCUT2D eigenvalue weighted by atomic mass is 10.1. The zero-order valence-corrected chi connectivity index (χ0v) is 20.2. The maximum atomic E-state index is 12.1. The smallest absolute Gasteiger partial charge is 0.407 e. The van der Waals surface area contributed by atoms with Gasteiger partial charge >= 0.3 is 6.09 Å². The van der Waals surface area contributed by atoms with Crippen LogP contribution in [0.4, 0.5) is 4.79 Å². The molecular formula is C22H37NO6Si. The fourth-order valence-electron chi connectivity index (χ4n) is 2.91. The van der Waals surface area contributed by atoms with E-state index >= 15 is 0 Å². The maximum absolute atomic E-state index is 12.1. The number of aliphatic hydroxyl groups is 1. The number of aliphatic hydroxyl groups excluding tert-OH is 1. The molecule has 1 heterocycles. The SMILES string of the molecule is CC1(C)O[C@H]([C@H](O)CO[Si](C)(C)C(C)(C)C)[C@@H](CNC(=O)OCc2ccccc2)O1. The Kier molecular flexibility index (Phi) is 8.09. The number of alkyl carbamates (subject to hydrolysis) is 1. The lowest BCUT2D eigenvalue weighted by molar-refractivity contribution is -0.156. The summed E-state index contributed by atoms with van der Waals surface area (Å²) in [5, 5.41) is 13.5. The Morgan fingerprint density at radius 2 is 1.87 bits per heavy atom. The Balaban J connectivity index is 1.88. The van der Waals surface area contributed by atoms with Gasteiger partial charge in [0.2, 0.25) is 0 Å². The summed E-state index contributed by atoms with van der Waals surface area (Å²) in [7, 11) is -2.00. The third-order valence-corrected chi connectivity index (χ3v) is 10.2. The number of hydrogen-bond donors (Lipinski definition) is 2. The highest BCUT2D eigenvalue weighted by atomic mass is 28.4. The van der Waals surface area contributed by atoms with E-state index in [0.717, 1.165) is 5.56 Å². The minimum atomic E-state index is -2.00. The molecule has 8 heteroatoms. The molecule has 0 aromatic heterocycles. The second kappa shape index (κ2) is 9.78. The van der Waals surface area contributed by atoms with Gasteiger partial charge in [0.15, 0.2) is 14.1 Å². The number of benzene rings is 1. The van der Waals surface area contributed by atoms with E-state index in [0.29, 0.717) is 0 Å². The summed E-state index contributed by atoms with van der Waals surface area (Å²) in [5.41, 5.74) is 0.908. The number of carbonyl (C=O) groups is 1. The minimum absolute atomic E-state index is 0.0441. The summed E-state index contributed by atoms with van der Waals surface area (Å²) in [6.45, 7) is 14.8. The van der Waals surface area contributed by atoms with Crippen molar-refractivity contribution in [2.75, 3.05) is 13.2 Å². The standard InChI is InChI=1S/C22H37NO6Si/c1-21(2,3)30(6,7)27-15-17(24)19-18(28-22(4,5)29-19)13-23-20(25)26-14-16-11-9-8-10-12-16/h8-12,17-19,24H,13-15H2,1-7H3,(H,23,25)/t17-,18-,19-/m1/s1. The third-order valence-electron chi connectivity index (χ3n) is 5.68. The zero-order valence-electron chi connectivity index (χ0n) is 19.2. The van der Waals surface area contributed by atoms with E-state index in [1.165, 1.54) is 0 Å². The van der Waals surface area contributed by atoms with E-state index in [-0.39, 0.29) is 24.8 Å². The molecule has 0 unspecified atom stereocenters. The highest BCUT2D eigenvalue weighted by molar-refractivity contribution is 6.74. The number of rotatable bonds is 8. The molecule has 0 bridgehead atoms. The Hall–Kier alpha value is -1.45. The highest BCUT2D eigenvalue weighted by Crippen LogP contribution is 2.37. The van der Waals surface area contributed by atoms with E-state index in [1.807, 2.05) is 30.3 Å². The van der Waals surface area contributed by atoms with Crippen LogP contribution in [0.5, 0.6) is 0 Å². The molecule has 30 heavy (non-hydrogen) atoms. The minimum Gasteiger partial charge on any atom is -0.445 e. The van der Waals surface area contributed by atoms with Gasteiger partial charge in [-0.25, -0.2) is 4.79 Å². The summed E-state index contributed by atoms with van der Waals surface area (Å²) < 4.78 is 23.2. The first-order chi connectivity index (χ1) is 13.8. The van der Waals surface area contributed by atoms with Crippen LogP contribution < -0.4 is 5.32 Å². The van der Waals surface area contributed by atoms with Crippen molar-refractivity contribution in [2.24, 2.45) is 0 Å². The molecule has 7 nitrogen and oxygen atoms in total. The van der Waals surface area contributed by atoms with Crippen molar-refractivity contribution in [3.63, 3.8) is 0 Å². The monoisotopic (exact) mass is 439 g/mol. The molecular weight excluding hydrogens is 402 g/mol. The van der Waals surface area contributed by atoms with Crippen LogP contribution in [0.25, 0.3) is 0 Å². The molecule has 0 saturated carbocycles. The van der Waals surface area contributed by atoms with E-state index < -0.39 is 38.5 Å². The molecule has 2 rings (SSSR count). The van der Waals surface area contributed by atoms with Crippen LogP contribution >= 0.6 is 0 Å². The lowest BCUT2D eigenvalue weighted by Gasteiger charge is -2.37. The van der Waals surface area contributed by atoms with Gasteiger partial charge < -0.3 is 29.1 Å². The van der Waals surface area contributed by atoms with Crippen LogP contribution in [0.2, 0.25) is 18.1 Å². The van der Waals surface area contributed by atoms with Gasteiger partial charge in [-0.3, -0.25) is 0 Å². The molecule has 1 fully saturated rings. The van der Waals surface area contributed by atoms with Gasteiger partial charge in [0.1, 0.15) is 24.9 Å². The van der Waals surface area contributed by atoms with Gasteiger partial charge in [-0.2, -0.15) is 0 Å². The lowest BCUT2D eigenvalue weighted by Crippen LogP contribution is -2.48. The maximum Gasteiger partial charge on any atom is 0.407 e. The quantitative estimate of drug-likeness (QED) is 0.599. The van der Waals surface area contributed by atoms with Gasteiger partial charge in [-0.15, -0.1) is 0 Å². The van der Waals surface area contributed by atoms with Crippen molar-refractivity contribution < 1.29 is 28.5 Å². The number of nitrogens with one attached hydrogen (secondary N) is 1. The van der Waals surface area contributed by atoms with Crippen LogP contribution in [-0.2, 0) is 25.2 Å². The predicted octanol–water partition coefficient (Wildman–Crippen LogP) is 3.82. The first-order valence-corrected chi connectivity index (χ1v) is 13.3. The first kappa shape index (κ1) is 24.8. The number of carbonyl (C=O) groups excluding carboxylic acids is 1. The third kappa shape index (κ3) is 7.06. The van der Waals surface area contributed by atoms with Crippen molar-refractivity contribution in [1.29, 1.82) is 0 Å². The van der Waals surface area contributed by atoms with Gasteiger partial charge in [-0.1, -0.05) is 51.1 Å². The number of hydrogen-bond acceptors (Lipinski definition) is 6. The molecule has 1 aromatic carbocycles. The molecule has 1 amide bonds. The summed E-state index contributed by atoms with van der Waals surface area (Å²) in [4.78, 5) is 12.1. The van der Waals surface area contributed by atoms with E-state index in [9.17, 15) is 9.90 Å². The van der Waals surface area contributed by atoms with Crippen LogP contribution in [0, 0.1) is 0 Å². The molecule has 1 aromatic rings. The number of amides is 1. The summed E-state index contributed by atoms with van der Waals surface area (Å²) >= 11 is 0. The average molecular weight is 440 g/mol. The molecule has 1 saturated heterocycles. The van der Waals surface area contributed by atoms with Crippen molar-refractivity contribution in [3.8, 4) is 0 Å². The van der Waals surface area contributed by atoms with Gasteiger partial charge in [0.05, 0.1) is 6.61 Å². The fourth-order valence-corrected chi connectivity index (χ4v) is 3.93. The largest absolute Gasteiger partial charge is 0.445 e. The Labute approximate surface area is 181 Å². The normalized spacial score (nSPS) is 22.5. The molecule has 2 N–H and O–H groups in total. The molecule has 0 aliphatic carbocycles. The topological polar surface area (TPSA) is 86.2 Å². The van der Waals surface area contributed by atoms with Crippen LogP contribution in [0.1, 0.15) is 40.2 Å².